The van der Waals surface area contributed by atoms with Gasteiger partial charge in [-0.2, -0.15) is 11.8 Å². The lowest BCUT2D eigenvalue weighted by Crippen LogP contribution is -2.59. The van der Waals surface area contributed by atoms with Crippen molar-refractivity contribution >= 4 is 117 Å². The van der Waals surface area contributed by atoms with Gasteiger partial charge in [-0.05, 0) is 92.3 Å². The van der Waals surface area contributed by atoms with Crippen LogP contribution < -0.4 is 65.1 Å². The number of carbonyl (C=O) groups is 15. The van der Waals surface area contributed by atoms with Gasteiger partial charge in [0.15, 0.2) is 0 Å². The molecule has 107 heavy (non-hydrogen) atoms. The first kappa shape index (κ1) is 87.2. The number of aryl methyl sites for hydroxylation is 1. The van der Waals surface area contributed by atoms with Gasteiger partial charge in [0.2, 0.25) is 65.0 Å². The molecule has 586 valence electrons. The summed E-state index contributed by atoms with van der Waals surface area (Å²) >= 11 is 1.45. The number of carboxylic acids is 3. The van der Waals surface area contributed by atoms with Crippen molar-refractivity contribution in [2.45, 2.75) is 122 Å². The smallest absolute Gasteiger partial charge is 0.317 e. The van der Waals surface area contributed by atoms with Crippen LogP contribution in [0.2, 0.25) is 0 Å². The van der Waals surface area contributed by atoms with E-state index in [4.69, 9.17) is 17.2 Å². The number of primary amides is 2. The number of nitrogens with two attached hydrogens (primary N) is 3. The number of rotatable bonds is 40. The van der Waals surface area contributed by atoms with Gasteiger partial charge in [0.1, 0.15) is 36.3 Å². The number of thioether (sulfide) groups is 1. The number of carbonyl (C=O) groups excluding carboxylic acids is 12. The Morgan fingerprint density at radius 1 is 0.598 bits per heavy atom. The maximum atomic E-state index is 14.7. The molecule has 1 aliphatic rings. The minimum Gasteiger partial charge on any atom is -0.480 e. The van der Waals surface area contributed by atoms with E-state index in [1.807, 2.05) is 20.1 Å². The third-order valence-electron chi connectivity index (χ3n) is 17.3. The minimum absolute atomic E-state index is 0.00719. The number of hydrogen-bond donors (Lipinski definition) is 16. The van der Waals surface area contributed by atoms with Gasteiger partial charge in [-0.15, -0.1) is 0 Å². The monoisotopic (exact) mass is 1520 g/mol. The first-order chi connectivity index (χ1) is 50.6. The van der Waals surface area contributed by atoms with E-state index in [2.05, 4.69) is 57.8 Å². The quantitative estimate of drug-likeness (QED) is 0.0206. The number of anilines is 1. The van der Waals surface area contributed by atoms with Crippen molar-refractivity contribution in [3.05, 3.63) is 83.6 Å². The lowest BCUT2D eigenvalue weighted by molar-refractivity contribution is -0.140. The molecule has 38 heteroatoms. The number of amides is 11. The molecule has 1 fully saturated rings. The summed E-state index contributed by atoms with van der Waals surface area (Å²) in [5.41, 5.74) is 18.9. The second kappa shape index (κ2) is 43.3. The summed E-state index contributed by atoms with van der Waals surface area (Å²) in [5, 5.41) is 52.7. The summed E-state index contributed by atoms with van der Waals surface area (Å²) in [7, 11) is 0. The summed E-state index contributed by atoms with van der Waals surface area (Å²) in [6.07, 6.45) is 5.73. The standard InChI is InChI=1S/C69H101N19O18S/c1-39(2)26-50(66(103)80-49(62(72)99)16-25-107-7)82-67(104)52(29-45-30-73-38-76-45)79-56(91)32-75-68(105)61(40(3)4)83-63(100)42(6)77-65(102)51(28-44-33-88(53-11-9-8-10-46(44)53)69(106)47(70)13-15-54(71)89)81-64(101)43-12-14-48(41(5)27-43)78-55(90)31-74-57(92)34-84-17-19-85(35-58(93)94)21-23-87(37-60(97)98)24-22-86(20-18-84)36-59(95)96/h8-12,14,27,30,33,38-40,42,47,49-52,61H,13,15-26,28-29,31-32,34-37,70H2,1-7H3,(H2,71,89)(H2,72,99)(H,73,76)(H,74,92)(H,75,105)(H,77,102)(H,78,90)(H,79,91)(H,80,103)(H,81,101)(H,82,104)(H,83,100)(H,93,94)(H,95,96)(H,97,98)/t42-,47-,49-,50-,51-,52-,61-/m0/s1. The molecule has 5 rings (SSSR count). The van der Waals surface area contributed by atoms with Crippen LogP contribution in [0.15, 0.2) is 61.2 Å². The summed E-state index contributed by atoms with van der Waals surface area (Å²) < 4.78 is 1.26. The van der Waals surface area contributed by atoms with E-state index in [0.717, 1.165) is 0 Å². The number of benzene rings is 2. The van der Waals surface area contributed by atoms with Crippen LogP contribution in [0.25, 0.3) is 10.9 Å². The van der Waals surface area contributed by atoms with E-state index in [1.165, 1.54) is 60.2 Å². The number of aliphatic carboxylic acids is 3. The van der Waals surface area contributed by atoms with Gasteiger partial charge in [-0.25, -0.2) is 4.98 Å². The molecular weight excluding hydrogens is 1410 g/mol. The highest BCUT2D eigenvalue weighted by Gasteiger charge is 2.34. The first-order valence-corrected chi connectivity index (χ1v) is 36.2. The molecular formula is C69H101N19O18S. The predicted octanol–water partition coefficient (Wildman–Crippen LogP) is -3.48. The number of fused-ring (bicyclic) bond motifs is 1. The Morgan fingerprint density at radius 2 is 1.15 bits per heavy atom. The number of nitrogens with zero attached hydrogens (tertiary/aromatic N) is 6. The highest BCUT2D eigenvalue weighted by Crippen LogP contribution is 2.25. The zero-order valence-corrected chi connectivity index (χ0v) is 61.9. The van der Waals surface area contributed by atoms with Crippen LogP contribution >= 0.6 is 11.8 Å². The summed E-state index contributed by atoms with van der Waals surface area (Å²) in [5.74, 6) is -12.6. The predicted molar refractivity (Wildman–Crippen MR) is 393 cm³/mol. The molecule has 0 unspecified atom stereocenters. The molecule has 11 amide bonds. The van der Waals surface area contributed by atoms with E-state index >= 15 is 0 Å². The van der Waals surface area contributed by atoms with Gasteiger partial charge >= 0.3 is 17.9 Å². The molecule has 0 aliphatic carbocycles. The van der Waals surface area contributed by atoms with Crippen LogP contribution in [-0.4, -0.2) is 284 Å². The van der Waals surface area contributed by atoms with Crippen LogP contribution in [-0.2, 0) is 75.2 Å². The maximum Gasteiger partial charge on any atom is 0.317 e. The van der Waals surface area contributed by atoms with Crippen LogP contribution in [0.3, 0.4) is 0 Å². The topological polar surface area (TPSA) is 550 Å². The van der Waals surface area contributed by atoms with Crippen molar-refractivity contribution in [1.82, 2.24) is 76.7 Å². The Bertz CT molecular complexity index is 3760. The lowest BCUT2D eigenvalue weighted by Gasteiger charge is -2.32. The van der Waals surface area contributed by atoms with E-state index in [1.54, 1.807) is 64.6 Å². The summed E-state index contributed by atoms with van der Waals surface area (Å²) in [6, 6.07) is 1.87. The van der Waals surface area contributed by atoms with Crippen LogP contribution in [0, 0.1) is 18.8 Å². The number of aromatic nitrogens is 3. The van der Waals surface area contributed by atoms with Gasteiger partial charge in [0, 0.05) is 106 Å². The van der Waals surface area contributed by atoms with Crippen LogP contribution in [0.5, 0.6) is 0 Å². The Balaban J connectivity index is 1.30. The highest BCUT2D eigenvalue weighted by atomic mass is 32.2. The van der Waals surface area contributed by atoms with E-state index in [-0.39, 0.29) is 134 Å². The van der Waals surface area contributed by atoms with Gasteiger partial charge in [-0.3, -0.25) is 96.1 Å². The molecule has 1 saturated heterocycles. The molecule has 0 saturated carbocycles. The second-order valence-electron chi connectivity index (χ2n) is 26.9. The minimum atomic E-state index is -1.52. The van der Waals surface area contributed by atoms with Crippen molar-refractivity contribution in [1.29, 1.82) is 0 Å². The van der Waals surface area contributed by atoms with Crippen molar-refractivity contribution < 1.29 is 87.2 Å². The van der Waals surface area contributed by atoms with Crippen LogP contribution in [0.1, 0.15) is 92.3 Å². The third-order valence-corrected chi connectivity index (χ3v) is 18.0. The zero-order chi connectivity index (χ0) is 79.2. The fraction of sp³-hybridized carbons (Fsp3) is 0.536. The Morgan fingerprint density at radius 3 is 1.68 bits per heavy atom. The Hall–Kier alpha value is -10.4. The Labute approximate surface area is 622 Å². The third kappa shape index (κ3) is 29.8. The lowest BCUT2D eigenvalue weighted by atomic mass is 10.0. The fourth-order valence-corrected chi connectivity index (χ4v) is 12.0. The average Bonchev–Trinajstić information content (AvgIpc) is 1.64. The van der Waals surface area contributed by atoms with E-state index < -0.39 is 150 Å². The Kier molecular flexibility index (Phi) is 35.3. The van der Waals surface area contributed by atoms with Crippen molar-refractivity contribution in [2.75, 3.05) is 109 Å². The summed E-state index contributed by atoms with van der Waals surface area (Å²) in [4.78, 5) is 211. The molecule has 4 aromatic rings. The molecule has 19 N–H and O–H groups in total. The molecule has 7 atom stereocenters. The molecule has 1 aliphatic heterocycles. The number of imidazole rings is 1. The second-order valence-corrected chi connectivity index (χ2v) is 27.9. The maximum absolute atomic E-state index is 14.7. The molecule has 2 aromatic carbocycles. The van der Waals surface area contributed by atoms with Gasteiger partial charge in [0.25, 0.3) is 5.91 Å². The van der Waals surface area contributed by atoms with Crippen molar-refractivity contribution in [3.63, 3.8) is 0 Å². The zero-order valence-electron chi connectivity index (χ0n) is 61.1. The molecule has 3 heterocycles. The number of para-hydroxylation sites is 1. The molecule has 0 spiro atoms. The molecule has 0 bridgehead atoms. The number of carboxylic acid groups (broad SMARTS) is 3. The number of nitrogens with one attached hydrogen (secondary N) is 10. The SMILES string of the molecule is CSCC[C@H](NC(=O)[C@H](CC(C)C)NC(=O)[C@H](Cc1cnc[nH]1)NC(=O)CNC(=O)[C@@H](NC(=O)[C@H](C)NC(=O)[C@H](Cc1cn(C(=O)[C@@H](N)CCC(N)=O)c2ccccc12)NC(=O)c1ccc(NC(=O)CNC(=O)CN2CCN(CC(=O)O)CCN(CC(=O)O)CCN(CC(=O)O)CC2)c(C)c1)C(C)C)C(N)=O. The van der Waals surface area contributed by atoms with Gasteiger partial charge < -0.3 is 85.4 Å². The molecule has 2 aromatic heterocycles. The number of H-pyrrole nitrogens is 1. The summed E-state index contributed by atoms with van der Waals surface area (Å²) in [6.45, 7) is 8.48. The van der Waals surface area contributed by atoms with E-state index in [9.17, 15) is 87.2 Å². The number of aromatic amines is 1. The van der Waals surface area contributed by atoms with E-state index in [0.29, 0.717) is 33.5 Å². The largest absolute Gasteiger partial charge is 0.480 e. The normalized spacial score (nSPS) is 15.5. The van der Waals surface area contributed by atoms with Gasteiger partial charge in [-0.1, -0.05) is 45.9 Å². The number of hydrogen-bond acceptors (Lipinski definition) is 22. The highest BCUT2D eigenvalue weighted by molar-refractivity contribution is 7.98. The fourth-order valence-electron chi connectivity index (χ4n) is 11.5. The molecule has 0 radical (unpaired) electrons. The van der Waals surface area contributed by atoms with Gasteiger partial charge in [0.05, 0.1) is 57.2 Å². The first-order valence-electron chi connectivity index (χ1n) is 34.8. The van der Waals surface area contributed by atoms with Crippen molar-refractivity contribution in [3.8, 4) is 0 Å². The average molecular weight is 1520 g/mol. The van der Waals surface area contributed by atoms with Crippen LogP contribution in [0.4, 0.5) is 5.69 Å². The molecule has 37 nitrogen and oxygen atoms in total. The van der Waals surface area contributed by atoms with Crippen molar-refractivity contribution in [2.24, 2.45) is 29.0 Å².